The average Bonchev–Trinajstić information content (AvgIpc) is 3.38. The van der Waals surface area contributed by atoms with Gasteiger partial charge in [0.15, 0.2) is 11.6 Å². The summed E-state index contributed by atoms with van der Waals surface area (Å²) < 4.78 is 6.89. The number of benzene rings is 1. The summed E-state index contributed by atoms with van der Waals surface area (Å²) in [5.74, 6) is -1.11. The average molecular weight is 446 g/mol. The van der Waals surface area contributed by atoms with Crippen molar-refractivity contribution in [3.8, 4) is 10.6 Å². The molecule has 2 aliphatic heterocycles. The van der Waals surface area contributed by atoms with Gasteiger partial charge < -0.3 is 4.74 Å². The second-order valence-corrected chi connectivity index (χ2v) is 9.72. The van der Waals surface area contributed by atoms with Crippen LogP contribution in [-0.2, 0) is 20.7 Å². The summed E-state index contributed by atoms with van der Waals surface area (Å²) >= 11 is 5.10. The fourth-order valence-corrected chi connectivity index (χ4v) is 6.62. The lowest BCUT2D eigenvalue weighted by Gasteiger charge is -2.16. The molecule has 0 N–H and O–H groups in total. The van der Waals surface area contributed by atoms with E-state index in [0.717, 1.165) is 44.7 Å². The molecule has 1 aromatic carbocycles. The van der Waals surface area contributed by atoms with Crippen LogP contribution >= 0.6 is 27.3 Å². The number of carbonyl (C=O) groups is 2. The quantitative estimate of drug-likeness (QED) is 0.653. The lowest BCUT2D eigenvalue weighted by Crippen LogP contribution is -2.29. The van der Waals surface area contributed by atoms with E-state index in [0.29, 0.717) is 5.69 Å². The van der Waals surface area contributed by atoms with Crippen molar-refractivity contribution >= 4 is 38.8 Å². The topological polar surface area (TPSA) is 56.3 Å². The maximum atomic E-state index is 13.2. The van der Waals surface area contributed by atoms with Gasteiger partial charge in [-0.05, 0) is 43.9 Å². The molecule has 5 atom stereocenters. The van der Waals surface area contributed by atoms with Crippen LogP contribution in [0.25, 0.3) is 10.6 Å². The number of ether oxygens (including phenoxy) is 1. The zero-order valence-electron chi connectivity index (χ0n) is 15.2. The van der Waals surface area contributed by atoms with E-state index in [4.69, 9.17) is 9.72 Å². The minimum atomic E-state index is -0.692. The van der Waals surface area contributed by atoms with Gasteiger partial charge >= 0.3 is 0 Å². The van der Waals surface area contributed by atoms with Crippen LogP contribution in [0.4, 0.5) is 0 Å². The second kappa shape index (κ2) is 6.33. The third-order valence-corrected chi connectivity index (χ3v) is 7.98. The molecule has 1 saturated carbocycles. The smallest absolute Gasteiger partial charge is 0.155 e. The number of hydrogen-bond acceptors (Lipinski definition) is 5. The largest absolute Gasteiger partial charge is 0.373 e. The number of nitrogens with zero attached hydrogens (tertiary/aromatic N) is 1. The van der Waals surface area contributed by atoms with Gasteiger partial charge in [0.2, 0.25) is 0 Å². The first-order valence-electron chi connectivity index (χ1n) is 9.48. The van der Waals surface area contributed by atoms with Crippen molar-refractivity contribution in [2.45, 2.75) is 51.2 Å². The lowest BCUT2D eigenvalue weighted by molar-refractivity contribution is -0.127. The Morgan fingerprint density at radius 2 is 1.85 bits per heavy atom. The molecule has 1 unspecified atom stereocenters. The Hall–Kier alpha value is -1.37. The summed E-state index contributed by atoms with van der Waals surface area (Å²) in [6.07, 6.45) is 2.46. The van der Waals surface area contributed by atoms with Crippen molar-refractivity contribution in [1.29, 1.82) is 0 Å². The van der Waals surface area contributed by atoms with Crippen molar-refractivity contribution in [3.05, 3.63) is 38.8 Å². The Morgan fingerprint density at radius 1 is 1.19 bits per heavy atom. The first kappa shape index (κ1) is 17.7. The highest BCUT2D eigenvalue weighted by molar-refractivity contribution is 9.10. The Labute approximate surface area is 170 Å². The third-order valence-electron chi connectivity index (χ3n) is 6.24. The van der Waals surface area contributed by atoms with Gasteiger partial charge in [-0.15, -0.1) is 11.3 Å². The van der Waals surface area contributed by atoms with Crippen LogP contribution in [0.3, 0.4) is 0 Å². The van der Waals surface area contributed by atoms with Gasteiger partial charge in [-0.2, -0.15) is 0 Å². The van der Waals surface area contributed by atoms with E-state index >= 15 is 0 Å². The molecule has 5 rings (SSSR count). The minimum absolute atomic E-state index is 0.0382. The molecule has 1 aromatic heterocycles. The molecule has 2 aromatic rings. The molecule has 6 heteroatoms. The SMILES string of the molecule is CCc1sc(-c2ccc(Br)cc2C)nc1C1C(=O)[C@@H]2[C@H](C1=O)[C@H]1CC[C@@H]2O1. The van der Waals surface area contributed by atoms with Gasteiger partial charge in [-0.25, -0.2) is 4.98 Å². The summed E-state index contributed by atoms with van der Waals surface area (Å²) in [5.41, 5.74) is 2.88. The van der Waals surface area contributed by atoms with Crippen molar-refractivity contribution < 1.29 is 14.3 Å². The Kier molecular flexibility index (Phi) is 4.15. The van der Waals surface area contributed by atoms with E-state index in [2.05, 4.69) is 35.8 Å². The highest BCUT2D eigenvalue weighted by Gasteiger charge is 2.63. The standard InChI is InChI=1S/C21H20BrNO3S/c1-3-14-18(23-21(27-14)11-5-4-10(22)8-9(11)2)17-19(24)15-12-6-7-13(26-12)16(15)20(17)25/h4-5,8,12-13,15-17H,3,6-7H2,1-2H3/t12-,13+,15-,16+,17?. The number of aromatic nitrogens is 1. The molecule has 2 saturated heterocycles. The fourth-order valence-electron chi connectivity index (χ4n) is 5.02. The Morgan fingerprint density at radius 3 is 2.44 bits per heavy atom. The monoisotopic (exact) mass is 445 g/mol. The number of halogens is 1. The molecule has 0 radical (unpaired) electrons. The molecule has 2 bridgehead atoms. The van der Waals surface area contributed by atoms with Crippen LogP contribution in [0.2, 0.25) is 0 Å². The number of hydrogen-bond donors (Lipinski definition) is 0. The molecule has 3 aliphatic rings. The van der Waals surface area contributed by atoms with Gasteiger partial charge in [-0.3, -0.25) is 9.59 Å². The molecule has 0 spiro atoms. The zero-order chi connectivity index (χ0) is 18.9. The molecule has 27 heavy (non-hydrogen) atoms. The third kappa shape index (κ3) is 2.53. The summed E-state index contributed by atoms with van der Waals surface area (Å²) in [6, 6.07) is 6.11. The molecule has 140 valence electrons. The van der Waals surface area contributed by atoms with Gasteiger partial charge in [0, 0.05) is 14.9 Å². The summed E-state index contributed by atoms with van der Waals surface area (Å²) in [7, 11) is 0. The number of ketones is 2. The number of rotatable bonds is 3. The molecule has 3 heterocycles. The van der Waals surface area contributed by atoms with Crippen molar-refractivity contribution in [2.24, 2.45) is 11.8 Å². The van der Waals surface area contributed by atoms with Gasteiger partial charge in [0.05, 0.1) is 29.7 Å². The van der Waals surface area contributed by atoms with E-state index < -0.39 is 5.92 Å². The van der Waals surface area contributed by atoms with Crippen LogP contribution in [0.5, 0.6) is 0 Å². The lowest BCUT2D eigenvalue weighted by atomic mass is 9.81. The first-order chi connectivity index (χ1) is 13.0. The van der Waals surface area contributed by atoms with Crippen molar-refractivity contribution in [1.82, 2.24) is 4.98 Å². The Bertz CT molecular complexity index is 940. The normalized spacial score (nSPS) is 31.7. The van der Waals surface area contributed by atoms with Crippen LogP contribution in [0.15, 0.2) is 22.7 Å². The Balaban J connectivity index is 1.57. The van der Waals surface area contributed by atoms with Crippen LogP contribution in [0.1, 0.15) is 41.8 Å². The maximum Gasteiger partial charge on any atom is 0.155 e. The first-order valence-corrected chi connectivity index (χ1v) is 11.1. The van der Waals surface area contributed by atoms with Gasteiger partial charge in [0.1, 0.15) is 10.9 Å². The molecular weight excluding hydrogens is 426 g/mol. The summed E-state index contributed by atoms with van der Waals surface area (Å²) in [6.45, 7) is 4.12. The van der Waals surface area contributed by atoms with E-state index in [1.165, 1.54) is 0 Å². The second-order valence-electron chi connectivity index (χ2n) is 7.72. The number of Topliss-reactive ketones (excluding diaryl/α,β-unsaturated/α-hetero) is 2. The van der Waals surface area contributed by atoms with E-state index in [1.54, 1.807) is 11.3 Å². The minimum Gasteiger partial charge on any atom is -0.373 e. The van der Waals surface area contributed by atoms with Crippen molar-refractivity contribution in [3.63, 3.8) is 0 Å². The highest BCUT2D eigenvalue weighted by atomic mass is 79.9. The fraction of sp³-hybridized carbons (Fsp3) is 0.476. The number of fused-ring (bicyclic) bond motifs is 5. The maximum absolute atomic E-state index is 13.2. The molecule has 3 fully saturated rings. The molecule has 1 aliphatic carbocycles. The number of aryl methyl sites for hydroxylation is 2. The summed E-state index contributed by atoms with van der Waals surface area (Å²) in [4.78, 5) is 32.2. The van der Waals surface area contributed by atoms with Gasteiger partial charge in [-0.1, -0.05) is 28.9 Å². The predicted molar refractivity (Wildman–Crippen MR) is 107 cm³/mol. The van der Waals surface area contributed by atoms with Gasteiger partial charge in [0.25, 0.3) is 0 Å². The van der Waals surface area contributed by atoms with E-state index in [1.807, 2.05) is 12.1 Å². The summed E-state index contributed by atoms with van der Waals surface area (Å²) in [5, 5.41) is 0.892. The van der Waals surface area contributed by atoms with Crippen molar-refractivity contribution in [2.75, 3.05) is 0 Å². The van der Waals surface area contributed by atoms with E-state index in [9.17, 15) is 9.59 Å². The van der Waals surface area contributed by atoms with Crippen LogP contribution in [-0.4, -0.2) is 28.8 Å². The molecular formula is C21H20BrNO3S. The highest BCUT2D eigenvalue weighted by Crippen LogP contribution is 2.53. The number of carbonyl (C=O) groups excluding carboxylic acids is 2. The number of thiazole rings is 1. The zero-order valence-corrected chi connectivity index (χ0v) is 17.6. The predicted octanol–water partition coefficient (Wildman–Crippen LogP) is 4.47. The molecule has 4 nitrogen and oxygen atoms in total. The van der Waals surface area contributed by atoms with Crippen LogP contribution < -0.4 is 0 Å². The van der Waals surface area contributed by atoms with E-state index in [-0.39, 0.29) is 35.6 Å². The van der Waals surface area contributed by atoms with Crippen LogP contribution in [0, 0.1) is 18.8 Å². The molecule has 0 amide bonds.